The minimum atomic E-state index is -0.271. The first kappa shape index (κ1) is 12.2. The van der Waals surface area contributed by atoms with Crippen LogP contribution >= 0.6 is 0 Å². The van der Waals surface area contributed by atoms with Gasteiger partial charge in [-0.3, -0.25) is 0 Å². The summed E-state index contributed by atoms with van der Waals surface area (Å²) in [5.74, 6) is 1.15. The van der Waals surface area contributed by atoms with Crippen molar-refractivity contribution in [1.82, 2.24) is 0 Å². The Hall–Kier alpha value is -1.25. The second-order valence-corrected chi connectivity index (χ2v) is 5.14. The summed E-state index contributed by atoms with van der Waals surface area (Å²) < 4.78 is 19.1. The number of anilines is 1. The van der Waals surface area contributed by atoms with Gasteiger partial charge in [-0.05, 0) is 50.2 Å². The number of aryl methyl sites for hydroxylation is 1. The Labute approximate surface area is 102 Å². The van der Waals surface area contributed by atoms with Gasteiger partial charge in [0.05, 0.1) is 11.8 Å². The lowest BCUT2D eigenvalue weighted by atomic mass is 9.89. The molecule has 2 nitrogen and oxygen atoms in total. The van der Waals surface area contributed by atoms with Crippen molar-refractivity contribution >= 4 is 5.69 Å². The Morgan fingerprint density at radius 2 is 1.88 bits per heavy atom. The number of nitrogen functional groups attached to an aromatic ring is 1. The van der Waals surface area contributed by atoms with Crippen molar-refractivity contribution in [2.24, 2.45) is 5.92 Å². The Morgan fingerprint density at radius 3 is 2.53 bits per heavy atom. The summed E-state index contributed by atoms with van der Waals surface area (Å²) in [6.07, 6.45) is 4.77. The third-order valence-electron chi connectivity index (χ3n) is 3.55. The smallest absolute Gasteiger partial charge is 0.143 e. The molecule has 1 aromatic carbocycles. The van der Waals surface area contributed by atoms with Crippen molar-refractivity contribution in [3.05, 3.63) is 23.5 Å². The van der Waals surface area contributed by atoms with E-state index in [0.717, 1.165) is 18.8 Å². The molecular formula is C14H20FNO. The summed E-state index contributed by atoms with van der Waals surface area (Å²) in [7, 11) is 0. The molecule has 0 spiro atoms. The monoisotopic (exact) mass is 237 g/mol. The molecule has 94 valence electrons. The molecule has 1 aromatic rings. The lowest BCUT2D eigenvalue weighted by molar-refractivity contribution is 0.136. The molecule has 1 fully saturated rings. The molecule has 1 aliphatic carbocycles. The predicted molar refractivity (Wildman–Crippen MR) is 67.6 cm³/mol. The number of hydrogen-bond acceptors (Lipinski definition) is 2. The first-order valence-electron chi connectivity index (χ1n) is 6.28. The Balaban J connectivity index is 2.06. The van der Waals surface area contributed by atoms with Crippen molar-refractivity contribution in [3.8, 4) is 5.75 Å². The fourth-order valence-corrected chi connectivity index (χ4v) is 2.30. The Kier molecular flexibility index (Phi) is 3.55. The van der Waals surface area contributed by atoms with Crippen molar-refractivity contribution in [3.63, 3.8) is 0 Å². The summed E-state index contributed by atoms with van der Waals surface area (Å²) in [4.78, 5) is 0. The molecule has 0 heterocycles. The highest BCUT2D eigenvalue weighted by atomic mass is 19.1. The van der Waals surface area contributed by atoms with E-state index in [1.165, 1.54) is 18.9 Å². The van der Waals surface area contributed by atoms with E-state index >= 15 is 0 Å². The maximum absolute atomic E-state index is 13.3. The fourth-order valence-electron chi connectivity index (χ4n) is 2.30. The van der Waals surface area contributed by atoms with Crippen LogP contribution in [0.5, 0.6) is 5.75 Å². The molecule has 0 aliphatic heterocycles. The number of rotatable bonds is 2. The molecule has 0 bridgehead atoms. The quantitative estimate of drug-likeness (QED) is 0.796. The molecule has 17 heavy (non-hydrogen) atoms. The van der Waals surface area contributed by atoms with Gasteiger partial charge in [-0.2, -0.15) is 0 Å². The van der Waals surface area contributed by atoms with Crippen molar-refractivity contribution in [2.75, 3.05) is 5.73 Å². The summed E-state index contributed by atoms with van der Waals surface area (Å²) in [5, 5.41) is 0. The van der Waals surface area contributed by atoms with Crippen LogP contribution in [0.25, 0.3) is 0 Å². The van der Waals surface area contributed by atoms with E-state index in [9.17, 15) is 4.39 Å². The summed E-state index contributed by atoms with van der Waals surface area (Å²) in [6, 6.07) is 3.04. The van der Waals surface area contributed by atoms with E-state index in [1.807, 2.05) is 0 Å². The topological polar surface area (TPSA) is 35.2 Å². The highest BCUT2D eigenvalue weighted by molar-refractivity contribution is 5.54. The lowest BCUT2D eigenvalue weighted by Gasteiger charge is -2.27. The van der Waals surface area contributed by atoms with Crippen LogP contribution in [0.1, 0.15) is 38.2 Å². The number of nitrogens with two attached hydrogens (primary N) is 1. The van der Waals surface area contributed by atoms with Crippen molar-refractivity contribution in [1.29, 1.82) is 0 Å². The van der Waals surface area contributed by atoms with Gasteiger partial charge >= 0.3 is 0 Å². The second kappa shape index (κ2) is 4.94. The van der Waals surface area contributed by atoms with Gasteiger partial charge in [0.15, 0.2) is 0 Å². The average Bonchev–Trinajstić information content (AvgIpc) is 2.29. The summed E-state index contributed by atoms with van der Waals surface area (Å²) in [6.45, 7) is 4.00. The zero-order chi connectivity index (χ0) is 12.4. The molecule has 2 N–H and O–H groups in total. The first-order valence-corrected chi connectivity index (χ1v) is 6.28. The van der Waals surface area contributed by atoms with Gasteiger partial charge in [-0.15, -0.1) is 0 Å². The van der Waals surface area contributed by atoms with Crippen LogP contribution in [-0.4, -0.2) is 6.10 Å². The molecule has 0 unspecified atom stereocenters. The van der Waals surface area contributed by atoms with Crippen LogP contribution in [0.3, 0.4) is 0 Å². The van der Waals surface area contributed by atoms with Crippen LogP contribution in [0.4, 0.5) is 10.1 Å². The largest absolute Gasteiger partial charge is 0.488 e. The summed E-state index contributed by atoms with van der Waals surface area (Å²) >= 11 is 0. The maximum atomic E-state index is 13.3. The lowest BCUT2D eigenvalue weighted by Crippen LogP contribution is -2.23. The zero-order valence-corrected chi connectivity index (χ0v) is 10.5. The van der Waals surface area contributed by atoms with Gasteiger partial charge in [-0.1, -0.05) is 6.92 Å². The Morgan fingerprint density at radius 1 is 1.24 bits per heavy atom. The minimum Gasteiger partial charge on any atom is -0.488 e. The van der Waals surface area contributed by atoms with Crippen LogP contribution < -0.4 is 10.5 Å². The van der Waals surface area contributed by atoms with E-state index in [-0.39, 0.29) is 11.9 Å². The van der Waals surface area contributed by atoms with Gasteiger partial charge in [-0.25, -0.2) is 4.39 Å². The second-order valence-electron chi connectivity index (χ2n) is 5.14. The SMILES string of the molecule is Cc1cc(OC2CCC(C)CC2)c(N)cc1F. The third kappa shape index (κ3) is 2.90. The maximum Gasteiger partial charge on any atom is 0.143 e. The Bertz CT molecular complexity index is 397. The molecule has 1 aliphatic rings. The molecule has 0 amide bonds. The summed E-state index contributed by atoms with van der Waals surface area (Å²) in [5.41, 5.74) is 6.75. The van der Waals surface area contributed by atoms with Gasteiger partial charge in [0, 0.05) is 6.07 Å². The molecule has 2 rings (SSSR count). The van der Waals surface area contributed by atoms with Gasteiger partial charge in [0.2, 0.25) is 0 Å². The van der Waals surface area contributed by atoms with E-state index in [2.05, 4.69) is 6.92 Å². The average molecular weight is 237 g/mol. The molecule has 3 heteroatoms. The van der Waals surface area contributed by atoms with Crippen molar-refractivity contribution in [2.45, 2.75) is 45.6 Å². The van der Waals surface area contributed by atoms with Crippen molar-refractivity contribution < 1.29 is 9.13 Å². The molecule has 0 atom stereocenters. The van der Waals surface area contributed by atoms with E-state index < -0.39 is 0 Å². The van der Waals surface area contributed by atoms with Crippen LogP contribution in [0, 0.1) is 18.7 Å². The number of ether oxygens (including phenoxy) is 1. The first-order chi connectivity index (χ1) is 8.06. The van der Waals surface area contributed by atoms with E-state index in [0.29, 0.717) is 17.0 Å². The molecule has 1 saturated carbocycles. The van der Waals surface area contributed by atoms with Crippen LogP contribution in [-0.2, 0) is 0 Å². The standard InChI is InChI=1S/C14H20FNO/c1-9-3-5-11(6-4-9)17-14-7-10(2)12(15)8-13(14)16/h7-9,11H,3-6,16H2,1-2H3. The minimum absolute atomic E-state index is 0.235. The van der Waals surface area contributed by atoms with Crippen LogP contribution in [0.15, 0.2) is 12.1 Å². The molecule has 0 radical (unpaired) electrons. The number of halogens is 1. The molecule has 0 aromatic heterocycles. The fraction of sp³-hybridized carbons (Fsp3) is 0.571. The van der Waals surface area contributed by atoms with Gasteiger partial charge < -0.3 is 10.5 Å². The van der Waals surface area contributed by atoms with Gasteiger partial charge in [0.1, 0.15) is 11.6 Å². The highest BCUT2D eigenvalue weighted by Gasteiger charge is 2.20. The molecular weight excluding hydrogens is 217 g/mol. The highest BCUT2D eigenvalue weighted by Crippen LogP contribution is 2.31. The third-order valence-corrected chi connectivity index (χ3v) is 3.55. The normalized spacial score (nSPS) is 24.6. The van der Waals surface area contributed by atoms with Gasteiger partial charge in [0.25, 0.3) is 0 Å². The number of hydrogen-bond donors (Lipinski definition) is 1. The van der Waals surface area contributed by atoms with Crippen LogP contribution in [0.2, 0.25) is 0 Å². The number of benzene rings is 1. The zero-order valence-electron chi connectivity index (χ0n) is 10.5. The van der Waals surface area contributed by atoms with E-state index in [1.54, 1.807) is 13.0 Å². The predicted octanol–water partition coefficient (Wildman–Crippen LogP) is 3.67. The molecule has 0 saturated heterocycles. The van der Waals surface area contributed by atoms with E-state index in [4.69, 9.17) is 10.5 Å².